The molecule has 0 saturated carbocycles. The zero-order valence-corrected chi connectivity index (χ0v) is 63.9. The fourth-order valence-electron chi connectivity index (χ4n) is 11.8. The summed E-state index contributed by atoms with van der Waals surface area (Å²) in [5, 5.41) is 78.0. The van der Waals surface area contributed by atoms with Crippen molar-refractivity contribution in [1.82, 2.24) is 74.1 Å². The Labute approximate surface area is 661 Å². The zero-order valence-electron chi connectivity index (χ0n) is 63.9. The molecule has 1 aliphatic rings. The molecule has 3 aromatic rings. The number of rotatable bonds is 35. The van der Waals surface area contributed by atoms with Crippen molar-refractivity contribution >= 4 is 135 Å². The molecule has 0 aliphatic carbocycles. The number of H-pyrrole nitrogens is 1. The first-order valence-corrected chi connectivity index (χ1v) is 36.9. The lowest BCUT2D eigenvalue weighted by Gasteiger charge is -2.30. The minimum absolute atomic E-state index is 0.0795. The number of primary amides is 1. The van der Waals surface area contributed by atoms with E-state index in [4.69, 9.17) is 21.9 Å². The van der Waals surface area contributed by atoms with E-state index >= 15 is 0 Å². The number of esters is 1. The van der Waals surface area contributed by atoms with Crippen molar-refractivity contribution in [3.63, 3.8) is 0 Å². The second-order valence-electron chi connectivity index (χ2n) is 27.4. The molecule has 1 aromatic heterocycles. The molecule has 0 bridgehead atoms. The van der Waals surface area contributed by atoms with Gasteiger partial charge in [0.15, 0.2) is 5.78 Å². The number of aliphatic hydroxyl groups excluding tert-OH is 1. The molecule has 1 aliphatic heterocycles. The number of fused-ring (bicyclic) bond motifs is 1. The number of cyclic esters (lactones) is 1. The maximum Gasteiger partial charge on any atom is 0.329 e. The molecule has 1 fully saturated rings. The summed E-state index contributed by atoms with van der Waals surface area (Å²) in [5.74, 6) is -30.9. The van der Waals surface area contributed by atoms with E-state index in [1.165, 1.54) is 36.5 Å². The van der Waals surface area contributed by atoms with Gasteiger partial charge in [0.2, 0.25) is 82.7 Å². The highest BCUT2D eigenvalue weighted by Gasteiger charge is 2.41. The van der Waals surface area contributed by atoms with E-state index in [1.54, 1.807) is 0 Å². The Morgan fingerprint density at radius 3 is 1.72 bits per heavy atom. The molecule has 4 rings (SSSR count). The number of nitrogen functional groups attached to an aromatic ring is 1. The number of carboxylic acid groups (broad SMARTS) is 4. The fraction of sp³-hybridized carbons (Fsp3) is 0.528. The van der Waals surface area contributed by atoms with Crippen LogP contribution in [-0.2, 0) is 102 Å². The molecule has 25 N–H and O–H groups in total. The maximum atomic E-state index is 14.8. The number of carbonyl (C=O) groups is 20. The molecule has 14 amide bonds. The number of aliphatic hydroxyl groups is 1. The second kappa shape index (κ2) is 47.7. The number of para-hydroxylation sites is 1. The topological polar surface area (TPSA) is 702 Å². The maximum absolute atomic E-state index is 14.8. The number of nitrogens with two attached hydrogens (primary N) is 3. The Bertz CT molecular complexity index is 4100. The number of aromatic nitrogens is 1. The zero-order chi connectivity index (χ0) is 86.6. The normalized spacial score (nSPS) is 21.1. The number of aliphatic carboxylic acids is 4. The molecule has 0 unspecified atom stereocenters. The summed E-state index contributed by atoms with van der Waals surface area (Å²) in [6.07, 6.45) is -3.11. The lowest BCUT2D eigenvalue weighted by molar-refractivity contribution is -0.156. The van der Waals surface area contributed by atoms with Crippen molar-refractivity contribution in [3.05, 3.63) is 65.6 Å². The number of benzene rings is 2. The summed E-state index contributed by atoms with van der Waals surface area (Å²) in [6, 6.07) is -14.1. The van der Waals surface area contributed by atoms with Crippen molar-refractivity contribution in [2.75, 3.05) is 32.0 Å². The van der Waals surface area contributed by atoms with Gasteiger partial charge in [-0.25, -0.2) is 9.18 Å². The smallest absolute Gasteiger partial charge is 0.329 e. The minimum Gasteiger partial charge on any atom is -0.481 e. The molecular weight excluding hydrogens is 1540 g/mol. The van der Waals surface area contributed by atoms with Gasteiger partial charge in [0.25, 0.3) is 0 Å². The fourth-order valence-corrected chi connectivity index (χ4v) is 11.8. The number of carboxylic acids is 4. The molecule has 2 aromatic carbocycles. The summed E-state index contributed by atoms with van der Waals surface area (Å²) < 4.78 is 20.3. The van der Waals surface area contributed by atoms with Crippen molar-refractivity contribution in [1.29, 1.82) is 0 Å². The first-order valence-electron chi connectivity index (χ1n) is 36.9. The standard InChI is InChI=1S/C72H100FN17O26/c1-5-6-7-8-9-10-11-18-53(94)82-44(23-37-30-77-42-20-19-38(73)24-40(37)42)66(109)85-45(26-52(76)93)67(110)87-48(29-59(103)104)68(111)90-61-36(4)116-72(115)49(25-51(92)39-15-12-13-16-41(39)75)88-71(114)60(34(2)22-56(97)98)89-69(112)50(33-91)83-55(96)31-78-63(106)46(27-57(99)100)84-62(105)35(3)80-65(108)47(28-58(101)102)86-64(107)43(17-14-21-74)81-54(95)32-79-70(61)113/h12-13,15-16,19-20,24,30,34-36,43-50,60-61,77,91H,5-11,14,17-18,21-23,25-29,31-33,74-75H2,1-4H3,(H2,76,93)(H,78,106)(H,79,113)(H,80,108)(H,81,95)(H,82,94)(H,83,96)(H,84,105)(H,85,109)(H,86,107)(H,87,110)(H,88,114)(H,89,112)(H,90,111)(H,97,98)(H,99,100)(H,101,102)(H,103,104)/t34-,35+,36+,43-,44-,45-,46-,47-,48-,49-,50+,60-,61-/m0/s1. The summed E-state index contributed by atoms with van der Waals surface area (Å²) in [5.41, 5.74) is 17.6. The number of nitrogens with one attached hydrogen (secondary N) is 14. The van der Waals surface area contributed by atoms with Crippen molar-refractivity contribution in [2.45, 2.75) is 209 Å². The van der Waals surface area contributed by atoms with Gasteiger partial charge in [-0.15, -0.1) is 0 Å². The van der Waals surface area contributed by atoms with E-state index in [0.29, 0.717) is 18.4 Å². The average molecular weight is 1640 g/mol. The Balaban J connectivity index is 1.88. The van der Waals surface area contributed by atoms with Gasteiger partial charge in [0.1, 0.15) is 78.4 Å². The molecule has 43 nitrogen and oxygen atoms in total. The average Bonchev–Trinajstić information content (AvgIpc) is 1.63. The van der Waals surface area contributed by atoms with Gasteiger partial charge in [-0.1, -0.05) is 64.5 Å². The van der Waals surface area contributed by atoms with Crippen LogP contribution in [0.25, 0.3) is 10.9 Å². The number of amides is 14. The summed E-state index contributed by atoms with van der Waals surface area (Å²) in [6.45, 7) is 1.02. The lowest BCUT2D eigenvalue weighted by Crippen LogP contribution is -2.62. The van der Waals surface area contributed by atoms with Gasteiger partial charge in [-0.2, -0.15) is 0 Å². The Morgan fingerprint density at radius 2 is 1.13 bits per heavy atom. The third-order valence-corrected chi connectivity index (χ3v) is 17.9. The van der Waals surface area contributed by atoms with Crippen LogP contribution < -0.4 is 86.3 Å². The monoisotopic (exact) mass is 1640 g/mol. The number of hydrogen-bond donors (Lipinski definition) is 22. The molecule has 1 saturated heterocycles. The number of Topliss-reactive ketones (excluding diaryl/α,β-unsaturated/α-hetero) is 1. The van der Waals surface area contributed by atoms with Crippen LogP contribution in [0.1, 0.15) is 146 Å². The molecule has 0 radical (unpaired) electrons. The van der Waals surface area contributed by atoms with Crippen LogP contribution in [0.4, 0.5) is 10.1 Å². The van der Waals surface area contributed by atoms with Gasteiger partial charge in [0.05, 0.1) is 51.8 Å². The van der Waals surface area contributed by atoms with E-state index in [9.17, 15) is 126 Å². The first-order chi connectivity index (χ1) is 54.7. The quantitative estimate of drug-likeness (QED) is 0.0113. The van der Waals surface area contributed by atoms with Crippen molar-refractivity contribution < 1.29 is 131 Å². The third-order valence-electron chi connectivity index (χ3n) is 17.9. The minimum atomic E-state index is -2.47. The highest BCUT2D eigenvalue weighted by atomic mass is 19.1. The van der Waals surface area contributed by atoms with Crippen LogP contribution in [-0.4, -0.2) is 248 Å². The first kappa shape index (κ1) is 95.6. The Hall–Kier alpha value is -12.8. The van der Waals surface area contributed by atoms with Crippen LogP contribution in [0.15, 0.2) is 48.7 Å². The molecule has 2 heterocycles. The predicted octanol–water partition coefficient (Wildman–Crippen LogP) is -5.48. The molecule has 116 heavy (non-hydrogen) atoms. The van der Waals surface area contributed by atoms with Crippen LogP contribution in [0.2, 0.25) is 0 Å². The summed E-state index contributed by atoms with van der Waals surface area (Å²) in [4.78, 5) is 276. The molecule has 636 valence electrons. The number of unbranched alkanes of at least 4 members (excludes halogenated alkanes) is 6. The van der Waals surface area contributed by atoms with Crippen molar-refractivity contribution in [3.8, 4) is 0 Å². The number of ether oxygens (including phenoxy) is 1. The SMILES string of the molecule is CCCCCCCCCC(=O)N[C@@H](Cc1c[nH]c2ccc(F)cc12)C(=O)N[C@@H](CC(N)=O)C(=O)N[C@@H](CC(=O)O)C(=O)N[C@@H]1C(=O)NCC(=O)N[C@@H](CCCN)C(=O)N[C@@H](CC(=O)O)C(=O)N[C@H](C)C(=O)N[C@@H](CC(=O)O)C(=O)NCC(=O)N[C@H](CO)C(=O)N[C@@H]([C@@H](C)CC(=O)O)C(=O)N[C@@H](CC(=O)c2ccccc2N)C(=O)O[C@@H]1C. The van der Waals surface area contributed by atoms with Crippen LogP contribution in [0.5, 0.6) is 0 Å². The third kappa shape index (κ3) is 32.4. The molecular formula is C72H100FN17O26. The van der Waals surface area contributed by atoms with E-state index in [0.717, 1.165) is 65.0 Å². The van der Waals surface area contributed by atoms with Gasteiger partial charge in [-0.3, -0.25) is 91.1 Å². The Kier molecular flexibility index (Phi) is 39.3. The number of anilines is 1. The molecule has 0 spiro atoms. The van der Waals surface area contributed by atoms with E-state index in [1.807, 2.05) is 22.9 Å². The van der Waals surface area contributed by atoms with Gasteiger partial charge in [-0.05, 0) is 81.5 Å². The number of aromatic amines is 1. The number of ketones is 1. The van der Waals surface area contributed by atoms with Gasteiger partial charge >= 0.3 is 29.8 Å². The predicted molar refractivity (Wildman–Crippen MR) is 400 cm³/mol. The number of hydrogen-bond acceptors (Lipinski definition) is 24. The van der Waals surface area contributed by atoms with Crippen LogP contribution in [0.3, 0.4) is 0 Å². The lowest BCUT2D eigenvalue weighted by atomic mass is 9.96. The van der Waals surface area contributed by atoms with E-state index < -0.39 is 267 Å². The summed E-state index contributed by atoms with van der Waals surface area (Å²) in [7, 11) is 0. The number of carbonyl (C=O) groups excluding carboxylic acids is 16. The second-order valence-corrected chi connectivity index (χ2v) is 27.4. The highest BCUT2D eigenvalue weighted by Crippen LogP contribution is 2.23. The molecule has 13 atom stereocenters. The van der Waals surface area contributed by atoms with Crippen LogP contribution >= 0.6 is 0 Å². The van der Waals surface area contributed by atoms with E-state index in [2.05, 4.69) is 58.2 Å². The van der Waals surface area contributed by atoms with E-state index in [-0.39, 0.29) is 48.0 Å². The Morgan fingerprint density at radius 1 is 0.578 bits per heavy atom. The van der Waals surface area contributed by atoms with Crippen LogP contribution in [0, 0.1) is 11.7 Å². The summed E-state index contributed by atoms with van der Waals surface area (Å²) >= 11 is 0. The van der Waals surface area contributed by atoms with Gasteiger partial charge in [0, 0.05) is 47.6 Å². The number of halogens is 1. The largest absolute Gasteiger partial charge is 0.481 e. The van der Waals surface area contributed by atoms with Crippen molar-refractivity contribution in [2.24, 2.45) is 17.4 Å². The highest BCUT2D eigenvalue weighted by molar-refractivity contribution is 6.05. The van der Waals surface area contributed by atoms with Gasteiger partial charge < -0.3 is 122 Å². The molecule has 44 heteroatoms.